The summed E-state index contributed by atoms with van der Waals surface area (Å²) in [5.41, 5.74) is -1.16. The molecule has 1 unspecified atom stereocenters. The molecule has 0 bridgehead atoms. The van der Waals surface area contributed by atoms with Gasteiger partial charge in [0.1, 0.15) is 5.60 Å². The minimum atomic E-state index is -4.44. The second kappa shape index (κ2) is 6.01. The molecule has 1 spiro atoms. The number of halogens is 3. The summed E-state index contributed by atoms with van der Waals surface area (Å²) in [4.78, 5) is 13.9. The maximum atomic E-state index is 12.7. The Morgan fingerprint density at radius 1 is 1.30 bits per heavy atom. The lowest BCUT2D eigenvalue weighted by molar-refractivity contribution is -0.137. The normalized spacial score (nSPS) is 24.9. The van der Waals surface area contributed by atoms with Gasteiger partial charge in [-0.15, -0.1) is 0 Å². The van der Waals surface area contributed by atoms with Crippen LogP contribution in [0.4, 0.5) is 23.7 Å². The van der Waals surface area contributed by atoms with Crippen LogP contribution in [0, 0.1) is 0 Å². The van der Waals surface area contributed by atoms with Crippen LogP contribution >= 0.6 is 0 Å². The van der Waals surface area contributed by atoms with Crippen LogP contribution in [0.5, 0.6) is 0 Å². The van der Waals surface area contributed by atoms with Crippen molar-refractivity contribution in [2.75, 3.05) is 38.2 Å². The van der Waals surface area contributed by atoms with Crippen molar-refractivity contribution in [2.45, 2.75) is 18.2 Å². The zero-order valence-corrected chi connectivity index (χ0v) is 12.4. The SMILES string of the molecule is O=C(Nc1cccc(C(F)(F)F)c1)N1CCOC2(CCOC2)C1. The Morgan fingerprint density at radius 2 is 2.13 bits per heavy atom. The summed E-state index contributed by atoms with van der Waals surface area (Å²) in [5.74, 6) is 0. The van der Waals surface area contributed by atoms with Gasteiger partial charge in [-0.2, -0.15) is 13.2 Å². The van der Waals surface area contributed by atoms with Crippen LogP contribution in [0.25, 0.3) is 0 Å². The topological polar surface area (TPSA) is 50.8 Å². The maximum absolute atomic E-state index is 12.7. The molecule has 2 fully saturated rings. The van der Waals surface area contributed by atoms with Crippen LogP contribution in [-0.2, 0) is 15.7 Å². The molecule has 0 aromatic heterocycles. The van der Waals surface area contributed by atoms with Gasteiger partial charge in [0.2, 0.25) is 0 Å². The number of alkyl halides is 3. The Labute approximate surface area is 131 Å². The van der Waals surface area contributed by atoms with Crippen molar-refractivity contribution in [1.29, 1.82) is 0 Å². The Balaban J connectivity index is 1.67. The molecule has 1 aromatic carbocycles. The zero-order valence-electron chi connectivity index (χ0n) is 12.4. The minimum Gasteiger partial charge on any atom is -0.378 e. The molecule has 2 aliphatic rings. The fourth-order valence-electron chi connectivity index (χ4n) is 2.82. The first kappa shape index (κ1) is 16.1. The summed E-state index contributed by atoms with van der Waals surface area (Å²) in [5, 5.41) is 2.52. The molecule has 126 valence electrons. The predicted molar refractivity (Wildman–Crippen MR) is 76.2 cm³/mol. The molecule has 23 heavy (non-hydrogen) atoms. The van der Waals surface area contributed by atoms with Gasteiger partial charge in [0.05, 0.1) is 25.3 Å². The Morgan fingerprint density at radius 3 is 2.83 bits per heavy atom. The molecule has 0 radical (unpaired) electrons. The van der Waals surface area contributed by atoms with E-state index < -0.39 is 23.4 Å². The molecule has 1 N–H and O–H groups in total. The smallest absolute Gasteiger partial charge is 0.378 e. The van der Waals surface area contributed by atoms with Gasteiger partial charge >= 0.3 is 12.2 Å². The van der Waals surface area contributed by atoms with Crippen molar-refractivity contribution >= 4 is 11.7 Å². The average molecular weight is 330 g/mol. The molecule has 0 saturated carbocycles. The highest BCUT2D eigenvalue weighted by Gasteiger charge is 2.41. The van der Waals surface area contributed by atoms with Gasteiger partial charge < -0.3 is 19.7 Å². The zero-order chi connectivity index (χ0) is 16.5. The molecule has 1 atom stereocenters. The van der Waals surface area contributed by atoms with Gasteiger partial charge in [-0.05, 0) is 18.2 Å². The van der Waals surface area contributed by atoms with E-state index in [2.05, 4.69) is 5.32 Å². The third-order valence-corrected chi connectivity index (χ3v) is 4.04. The number of hydrogen-bond donors (Lipinski definition) is 1. The van der Waals surface area contributed by atoms with Crippen LogP contribution in [0.3, 0.4) is 0 Å². The number of nitrogens with zero attached hydrogens (tertiary/aromatic N) is 1. The van der Waals surface area contributed by atoms with Crippen molar-refractivity contribution in [3.8, 4) is 0 Å². The lowest BCUT2D eigenvalue weighted by Gasteiger charge is -2.39. The second-order valence-corrected chi connectivity index (χ2v) is 5.76. The van der Waals surface area contributed by atoms with E-state index in [-0.39, 0.29) is 5.69 Å². The fraction of sp³-hybridized carbons (Fsp3) is 0.533. The highest BCUT2D eigenvalue weighted by Crippen LogP contribution is 2.31. The number of benzene rings is 1. The van der Waals surface area contributed by atoms with Gasteiger partial charge in [0.25, 0.3) is 0 Å². The summed E-state index contributed by atoms with van der Waals surface area (Å²) in [6, 6.07) is 4.16. The molecule has 2 saturated heterocycles. The van der Waals surface area contributed by atoms with Crippen LogP contribution in [0.1, 0.15) is 12.0 Å². The van der Waals surface area contributed by atoms with E-state index in [4.69, 9.17) is 9.47 Å². The minimum absolute atomic E-state index is 0.119. The number of urea groups is 1. The maximum Gasteiger partial charge on any atom is 0.416 e. The molecule has 8 heteroatoms. The fourth-order valence-corrected chi connectivity index (χ4v) is 2.82. The molecule has 5 nitrogen and oxygen atoms in total. The summed E-state index contributed by atoms with van der Waals surface area (Å²) in [7, 11) is 0. The first-order valence-electron chi connectivity index (χ1n) is 7.33. The Bertz CT molecular complexity index is 586. The molecule has 0 aliphatic carbocycles. The van der Waals surface area contributed by atoms with Crippen LogP contribution in [0.2, 0.25) is 0 Å². The van der Waals surface area contributed by atoms with Crippen LogP contribution in [-0.4, -0.2) is 49.4 Å². The van der Waals surface area contributed by atoms with E-state index in [1.54, 1.807) is 4.90 Å². The number of amides is 2. The molecule has 2 aliphatic heterocycles. The second-order valence-electron chi connectivity index (χ2n) is 5.76. The average Bonchev–Trinajstić information content (AvgIpc) is 2.94. The van der Waals surface area contributed by atoms with Crippen LogP contribution in [0.15, 0.2) is 24.3 Å². The number of anilines is 1. The molecule has 2 amide bonds. The number of ether oxygens (including phenoxy) is 2. The summed E-state index contributed by atoms with van der Waals surface area (Å²) >= 11 is 0. The number of rotatable bonds is 1. The van der Waals surface area contributed by atoms with Crippen molar-refractivity contribution in [3.63, 3.8) is 0 Å². The van der Waals surface area contributed by atoms with Gasteiger partial charge in [-0.25, -0.2) is 4.79 Å². The molecule has 3 rings (SSSR count). The molecule has 2 heterocycles. The highest BCUT2D eigenvalue weighted by atomic mass is 19.4. The van der Waals surface area contributed by atoms with E-state index in [9.17, 15) is 18.0 Å². The van der Waals surface area contributed by atoms with Gasteiger partial charge in [0.15, 0.2) is 0 Å². The van der Waals surface area contributed by atoms with Crippen molar-refractivity contribution in [3.05, 3.63) is 29.8 Å². The third kappa shape index (κ3) is 3.59. The first-order chi connectivity index (χ1) is 10.9. The number of carbonyl (C=O) groups excluding carboxylic acids is 1. The van der Waals surface area contributed by atoms with E-state index in [1.807, 2.05) is 0 Å². The number of hydrogen-bond acceptors (Lipinski definition) is 3. The lowest BCUT2D eigenvalue weighted by atomic mass is 10.0. The number of carbonyl (C=O) groups is 1. The van der Waals surface area contributed by atoms with E-state index in [0.717, 1.165) is 12.1 Å². The molecular weight excluding hydrogens is 313 g/mol. The number of nitrogens with one attached hydrogen (secondary N) is 1. The largest absolute Gasteiger partial charge is 0.416 e. The van der Waals surface area contributed by atoms with E-state index in [1.165, 1.54) is 12.1 Å². The Kier molecular flexibility index (Phi) is 4.20. The first-order valence-corrected chi connectivity index (χ1v) is 7.33. The monoisotopic (exact) mass is 330 g/mol. The molecule has 1 aromatic rings. The third-order valence-electron chi connectivity index (χ3n) is 4.04. The van der Waals surface area contributed by atoms with Crippen molar-refractivity contribution in [2.24, 2.45) is 0 Å². The van der Waals surface area contributed by atoms with Gasteiger partial charge in [-0.1, -0.05) is 6.07 Å². The summed E-state index contributed by atoms with van der Waals surface area (Å²) in [6.45, 7) is 2.17. The van der Waals surface area contributed by atoms with Gasteiger partial charge in [0, 0.05) is 25.3 Å². The van der Waals surface area contributed by atoms with Gasteiger partial charge in [-0.3, -0.25) is 0 Å². The standard InChI is InChI=1S/C15H17F3N2O3/c16-15(17,18)11-2-1-3-12(8-11)19-13(21)20-5-7-23-14(9-20)4-6-22-10-14/h1-3,8H,4-7,9-10H2,(H,19,21). The quantitative estimate of drug-likeness (QED) is 0.861. The van der Waals surface area contributed by atoms with Crippen LogP contribution < -0.4 is 5.32 Å². The van der Waals surface area contributed by atoms with Crippen molar-refractivity contribution < 1.29 is 27.4 Å². The van der Waals surface area contributed by atoms with Crippen molar-refractivity contribution in [1.82, 2.24) is 4.90 Å². The number of morpholine rings is 1. The summed E-state index contributed by atoms with van der Waals surface area (Å²) in [6.07, 6.45) is -3.73. The predicted octanol–water partition coefficient (Wildman–Crippen LogP) is 2.73. The lowest BCUT2D eigenvalue weighted by Crippen LogP contribution is -2.55. The highest BCUT2D eigenvalue weighted by molar-refractivity contribution is 5.89. The van der Waals surface area contributed by atoms with E-state index in [0.29, 0.717) is 39.3 Å². The van der Waals surface area contributed by atoms with E-state index >= 15 is 0 Å². The molecular formula is C15H17F3N2O3. The summed E-state index contributed by atoms with van der Waals surface area (Å²) < 4.78 is 49.2. The Hall–Kier alpha value is -1.80.